The van der Waals surface area contributed by atoms with Crippen LogP contribution >= 0.6 is 0 Å². The summed E-state index contributed by atoms with van der Waals surface area (Å²) in [7, 11) is 0. The molecule has 0 N–H and O–H groups in total. The molecule has 2 aliphatic heterocycles. The van der Waals surface area contributed by atoms with Crippen molar-refractivity contribution in [3.8, 4) is 0 Å². The lowest BCUT2D eigenvalue weighted by Gasteiger charge is -2.30. The fourth-order valence-corrected chi connectivity index (χ4v) is 5.10. The molecule has 38 heavy (non-hydrogen) atoms. The third-order valence-corrected chi connectivity index (χ3v) is 6.88. The summed E-state index contributed by atoms with van der Waals surface area (Å²) in [5.41, 5.74) is 2.11. The Morgan fingerprint density at radius 2 is 1.82 bits per heavy atom. The smallest absolute Gasteiger partial charge is 0.359 e. The number of alkyl halides is 2. The van der Waals surface area contributed by atoms with Gasteiger partial charge in [0.1, 0.15) is 11.8 Å². The average Bonchev–Trinajstić information content (AvgIpc) is 3.30. The molecular weight excluding hydrogens is 498 g/mol. The molecule has 2 aromatic rings. The first-order chi connectivity index (χ1) is 18.4. The summed E-state index contributed by atoms with van der Waals surface area (Å²) in [5.74, 6) is -1.03. The fraction of sp³-hybridized carbons (Fsp3) is 0.407. The standard InChI is InChI=1S/C27H28F2N4O5/c1-2-37-26(36)23-19-14-16-32(18-12-10-17(11-13-18)31-15-6-5-9-22(31)34)25(35)24(19)33(30-23)20-7-3-4-8-21(20)38-27(28)29/h3-4,7,10-13,21,27H,2,5-6,8-9,14-16H2,1H3. The van der Waals surface area contributed by atoms with E-state index in [0.29, 0.717) is 30.6 Å². The minimum absolute atomic E-state index is 0.0138. The van der Waals surface area contributed by atoms with Gasteiger partial charge in [0.15, 0.2) is 5.69 Å². The Kier molecular flexibility index (Phi) is 7.37. The van der Waals surface area contributed by atoms with Crippen molar-refractivity contribution < 1.29 is 32.6 Å². The molecule has 5 rings (SSSR count). The number of fused-ring (bicyclic) bond motifs is 1. The third-order valence-electron chi connectivity index (χ3n) is 6.88. The Labute approximate surface area is 218 Å². The predicted molar refractivity (Wildman–Crippen MR) is 135 cm³/mol. The van der Waals surface area contributed by atoms with E-state index in [-0.39, 0.29) is 42.6 Å². The first-order valence-corrected chi connectivity index (χ1v) is 12.7. The number of piperidine rings is 1. The number of allylic oxidation sites excluding steroid dienone is 2. The highest BCUT2D eigenvalue weighted by molar-refractivity contribution is 6.09. The van der Waals surface area contributed by atoms with Crippen molar-refractivity contribution >= 4 is 34.9 Å². The number of aromatic nitrogens is 2. The van der Waals surface area contributed by atoms with Gasteiger partial charge in [-0.3, -0.25) is 9.59 Å². The van der Waals surface area contributed by atoms with Crippen LogP contribution in [0.5, 0.6) is 0 Å². The predicted octanol–water partition coefficient (Wildman–Crippen LogP) is 4.19. The molecule has 1 aliphatic carbocycles. The number of benzene rings is 1. The van der Waals surface area contributed by atoms with Gasteiger partial charge in [-0.15, -0.1) is 0 Å². The monoisotopic (exact) mass is 526 g/mol. The van der Waals surface area contributed by atoms with E-state index < -0.39 is 24.6 Å². The SMILES string of the molecule is CCOC(=O)c1nn(C2=CC=CCC2OC(F)F)c2c1CCN(c1ccc(N3CCCCC3=O)cc1)C2=O. The molecule has 3 heterocycles. The topological polar surface area (TPSA) is 94.0 Å². The quantitative estimate of drug-likeness (QED) is 0.503. The van der Waals surface area contributed by atoms with E-state index in [4.69, 9.17) is 9.47 Å². The fourth-order valence-electron chi connectivity index (χ4n) is 5.10. The molecule has 200 valence electrons. The second-order valence-electron chi connectivity index (χ2n) is 9.17. The zero-order valence-electron chi connectivity index (χ0n) is 20.9. The maximum Gasteiger partial charge on any atom is 0.359 e. The van der Waals surface area contributed by atoms with Gasteiger partial charge in [-0.25, -0.2) is 9.48 Å². The summed E-state index contributed by atoms with van der Waals surface area (Å²) in [6.45, 7) is -0.304. The maximum atomic E-state index is 13.9. The summed E-state index contributed by atoms with van der Waals surface area (Å²) in [6, 6.07) is 7.17. The zero-order chi connectivity index (χ0) is 26.8. The van der Waals surface area contributed by atoms with Crippen LogP contribution in [0.25, 0.3) is 5.70 Å². The van der Waals surface area contributed by atoms with Gasteiger partial charge in [0.05, 0.1) is 12.3 Å². The van der Waals surface area contributed by atoms with Crippen LogP contribution in [0, 0.1) is 0 Å². The molecule has 1 aromatic carbocycles. The van der Waals surface area contributed by atoms with Crippen molar-refractivity contribution in [3.63, 3.8) is 0 Å². The number of hydrogen-bond donors (Lipinski definition) is 0. The molecule has 9 nitrogen and oxygen atoms in total. The molecule has 11 heteroatoms. The molecule has 0 saturated carbocycles. The number of esters is 1. The zero-order valence-corrected chi connectivity index (χ0v) is 20.9. The summed E-state index contributed by atoms with van der Waals surface area (Å²) in [4.78, 5) is 42.2. The van der Waals surface area contributed by atoms with Crippen LogP contribution in [-0.4, -0.2) is 60.0 Å². The first kappa shape index (κ1) is 25.8. The van der Waals surface area contributed by atoms with E-state index in [1.165, 1.54) is 4.68 Å². The molecule has 0 bridgehead atoms. The number of carbonyl (C=O) groups is 3. The number of hydrogen-bond acceptors (Lipinski definition) is 6. The number of anilines is 2. The Bertz CT molecular complexity index is 1300. The minimum atomic E-state index is -3.02. The Balaban J connectivity index is 1.51. The molecule has 1 atom stereocenters. The molecule has 1 saturated heterocycles. The number of ether oxygens (including phenoxy) is 2. The van der Waals surface area contributed by atoms with Crippen molar-refractivity contribution in [2.45, 2.75) is 51.7 Å². The summed E-state index contributed by atoms with van der Waals surface area (Å²) < 4.78 is 37.5. The lowest BCUT2D eigenvalue weighted by molar-refractivity contribution is -0.147. The summed E-state index contributed by atoms with van der Waals surface area (Å²) >= 11 is 0. The van der Waals surface area contributed by atoms with Crippen LogP contribution in [0.15, 0.2) is 42.5 Å². The number of nitrogens with zero attached hydrogens (tertiary/aromatic N) is 4. The highest BCUT2D eigenvalue weighted by Crippen LogP contribution is 2.33. The first-order valence-electron chi connectivity index (χ1n) is 12.7. The number of carbonyl (C=O) groups excluding carboxylic acids is 3. The minimum Gasteiger partial charge on any atom is -0.461 e. The molecular formula is C27H28F2N4O5. The molecule has 1 fully saturated rings. The van der Waals surface area contributed by atoms with Crippen molar-refractivity contribution in [3.05, 3.63) is 59.4 Å². The highest BCUT2D eigenvalue weighted by Gasteiger charge is 2.37. The van der Waals surface area contributed by atoms with Crippen molar-refractivity contribution in [1.29, 1.82) is 0 Å². The van der Waals surface area contributed by atoms with Gasteiger partial charge in [0.2, 0.25) is 5.91 Å². The number of amides is 2. The molecule has 1 aromatic heterocycles. The van der Waals surface area contributed by atoms with Crippen LogP contribution in [0.1, 0.15) is 59.1 Å². The molecule has 1 unspecified atom stereocenters. The van der Waals surface area contributed by atoms with Crippen LogP contribution in [0.2, 0.25) is 0 Å². The van der Waals surface area contributed by atoms with Gasteiger partial charge >= 0.3 is 12.6 Å². The second kappa shape index (κ2) is 10.9. The van der Waals surface area contributed by atoms with Crippen LogP contribution < -0.4 is 9.80 Å². The summed E-state index contributed by atoms with van der Waals surface area (Å²) in [5, 5.41) is 4.38. The third kappa shape index (κ3) is 4.85. The normalized spacial score (nSPS) is 19.6. The van der Waals surface area contributed by atoms with Crippen LogP contribution in [0.4, 0.5) is 20.2 Å². The van der Waals surface area contributed by atoms with Gasteiger partial charge in [0, 0.05) is 36.4 Å². The van der Waals surface area contributed by atoms with E-state index in [2.05, 4.69) is 5.10 Å². The largest absolute Gasteiger partial charge is 0.461 e. The summed E-state index contributed by atoms with van der Waals surface area (Å²) in [6.07, 6.45) is 6.66. The second-order valence-corrected chi connectivity index (χ2v) is 9.17. The highest BCUT2D eigenvalue weighted by atomic mass is 19.3. The van der Waals surface area contributed by atoms with Crippen molar-refractivity contribution in [1.82, 2.24) is 9.78 Å². The lowest BCUT2D eigenvalue weighted by atomic mass is 10.0. The molecule has 0 radical (unpaired) electrons. The van der Waals surface area contributed by atoms with E-state index in [1.807, 2.05) is 12.1 Å². The van der Waals surface area contributed by atoms with E-state index in [0.717, 1.165) is 18.5 Å². The molecule has 2 amide bonds. The molecule has 3 aliphatic rings. The van der Waals surface area contributed by atoms with Gasteiger partial charge in [-0.1, -0.05) is 12.2 Å². The van der Waals surface area contributed by atoms with Gasteiger partial charge < -0.3 is 19.3 Å². The Morgan fingerprint density at radius 1 is 1.08 bits per heavy atom. The molecule has 0 spiro atoms. The van der Waals surface area contributed by atoms with E-state index in [1.54, 1.807) is 47.1 Å². The number of halogens is 2. The van der Waals surface area contributed by atoms with Gasteiger partial charge in [-0.05, 0) is 62.9 Å². The van der Waals surface area contributed by atoms with E-state index in [9.17, 15) is 23.2 Å². The van der Waals surface area contributed by atoms with Crippen LogP contribution in [-0.2, 0) is 20.7 Å². The van der Waals surface area contributed by atoms with Gasteiger partial charge in [0.25, 0.3) is 5.91 Å². The Morgan fingerprint density at radius 3 is 2.50 bits per heavy atom. The van der Waals surface area contributed by atoms with Crippen molar-refractivity contribution in [2.24, 2.45) is 0 Å². The lowest BCUT2D eigenvalue weighted by Crippen LogP contribution is -2.40. The average molecular weight is 527 g/mol. The van der Waals surface area contributed by atoms with E-state index >= 15 is 0 Å². The Hall–Kier alpha value is -3.86. The maximum absolute atomic E-state index is 13.9. The van der Waals surface area contributed by atoms with Crippen molar-refractivity contribution in [2.75, 3.05) is 29.5 Å². The van der Waals surface area contributed by atoms with Crippen LogP contribution in [0.3, 0.4) is 0 Å². The van der Waals surface area contributed by atoms with Gasteiger partial charge in [-0.2, -0.15) is 13.9 Å². The number of rotatable bonds is 7.